The summed E-state index contributed by atoms with van der Waals surface area (Å²) < 4.78 is 27.8. The molecule has 6 rings (SSSR count). The molecule has 0 unspecified atom stereocenters. The molecule has 0 N–H and O–H groups in total. The van der Waals surface area contributed by atoms with E-state index in [4.69, 9.17) is 58.5 Å². The second kappa shape index (κ2) is 14.6. The summed E-state index contributed by atoms with van der Waals surface area (Å²) >= 11 is 17.3. The van der Waals surface area contributed by atoms with Crippen molar-refractivity contribution in [2.24, 2.45) is 0 Å². The number of aromatic nitrogens is 4. The minimum absolute atomic E-state index is 0.386. The molecule has 0 fully saturated rings. The van der Waals surface area contributed by atoms with E-state index >= 15 is 0 Å². The predicted octanol–water partition coefficient (Wildman–Crippen LogP) is 7.92. The van der Waals surface area contributed by atoms with Crippen LogP contribution in [0.5, 0.6) is 34.6 Å². The zero-order chi connectivity index (χ0) is 31.1. The fraction of sp³-hybridized carbons (Fsp3) is 0.250. The third-order valence-electron chi connectivity index (χ3n) is 6.63. The van der Waals surface area contributed by atoms with Crippen molar-refractivity contribution in [1.29, 1.82) is 0 Å². The summed E-state index contributed by atoms with van der Waals surface area (Å²) in [5, 5.41) is 1.86. The topological polar surface area (TPSA) is 97.7 Å². The molecule has 0 amide bonds. The van der Waals surface area contributed by atoms with Gasteiger partial charge in [0.2, 0.25) is 5.88 Å². The molecule has 1 aliphatic rings. The number of nitrogens with zero attached hydrogens (tertiary/aromatic N) is 4. The standard InChI is InChI=1S/C21H19ClN2O3.C11H10Cl2N2O2/c1-13-7-14-3-4-16(9-15(14)8-13)27-21-17-10-19(25-2)20(26-6-5-22)11-18(17)23-12-24-21;1-16-9-4-7-8(14-6-15-11(7)13)5-10(9)17-3-2-12/h3-4,8-12H,5-7H2,1-2H3;4-6H,2-3H2,1H3. The molecule has 228 valence electrons. The number of rotatable bonds is 10. The molecule has 9 nitrogen and oxygen atoms in total. The second-order valence-electron chi connectivity index (χ2n) is 9.59. The van der Waals surface area contributed by atoms with E-state index in [0.717, 1.165) is 22.9 Å². The minimum atomic E-state index is 0.386. The van der Waals surface area contributed by atoms with Crippen LogP contribution in [0.15, 0.2) is 60.7 Å². The Morgan fingerprint density at radius 2 is 1.34 bits per heavy atom. The first-order valence-corrected chi connectivity index (χ1v) is 15.0. The van der Waals surface area contributed by atoms with E-state index in [2.05, 4.69) is 39.0 Å². The summed E-state index contributed by atoms with van der Waals surface area (Å²) in [6.45, 7) is 2.93. The van der Waals surface area contributed by atoms with E-state index in [9.17, 15) is 0 Å². The molecular weight excluding hydrogens is 627 g/mol. The van der Waals surface area contributed by atoms with Gasteiger partial charge < -0.3 is 23.7 Å². The van der Waals surface area contributed by atoms with Gasteiger partial charge in [0, 0.05) is 17.5 Å². The third-order valence-corrected chi connectivity index (χ3v) is 7.24. The predicted molar refractivity (Wildman–Crippen MR) is 173 cm³/mol. The monoisotopic (exact) mass is 654 g/mol. The van der Waals surface area contributed by atoms with Crippen LogP contribution in [0.1, 0.15) is 18.1 Å². The molecule has 0 atom stereocenters. The van der Waals surface area contributed by atoms with Crippen molar-refractivity contribution in [2.45, 2.75) is 13.3 Å². The molecule has 2 heterocycles. The maximum Gasteiger partial charge on any atom is 0.230 e. The first-order valence-electron chi connectivity index (χ1n) is 13.6. The lowest BCUT2D eigenvalue weighted by Crippen LogP contribution is -2.01. The van der Waals surface area contributed by atoms with Gasteiger partial charge in [0.05, 0.1) is 42.4 Å². The van der Waals surface area contributed by atoms with Crippen LogP contribution in [0.3, 0.4) is 0 Å². The van der Waals surface area contributed by atoms with Crippen molar-refractivity contribution in [3.63, 3.8) is 0 Å². The summed E-state index contributed by atoms with van der Waals surface area (Å²) in [7, 11) is 3.15. The van der Waals surface area contributed by atoms with E-state index in [-0.39, 0.29) is 0 Å². The summed E-state index contributed by atoms with van der Waals surface area (Å²) in [5.74, 6) is 4.36. The van der Waals surface area contributed by atoms with Crippen molar-refractivity contribution in [2.75, 3.05) is 39.2 Å². The number of hydrogen-bond acceptors (Lipinski definition) is 9. The van der Waals surface area contributed by atoms with Crippen molar-refractivity contribution < 1.29 is 23.7 Å². The van der Waals surface area contributed by atoms with Crippen LogP contribution in [0, 0.1) is 0 Å². The maximum atomic E-state index is 6.07. The number of hydrogen-bond donors (Lipinski definition) is 0. The fourth-order valence-electron chi connectivity index (χ4n) is 4.66. The lowest BCUT2D eigenvalue weighted by Gasteiger charge is -2.13. The first kappa shape index (κ1) is 31.4. The normalized spacial score (nSPS) is 11.8. The number of methoxy groups -OCH3 is 2. The van der Waals surface area contributed by atoms with Crippen LogP contribution in [-0.2, 0) is 6.42 Å². The van der Waals surface area contributed by atoms with Crippen LogP contribution in [0.4, 0.5) is 0 Å². The minimum Gasteiger partial charge on any atom is -0.493 e. The van der Waals surface area contributed by atoms with Crippen molar-refractivity contribution in [3.8, 4) is 34.6 Å². The number of alkyl halides is 2. The largest absolute Gasteiger partial charge is 0.493 e. The van der Waals surface area contributed by atoms with E-state index in [1.54, 1.807) is 26.4 Å². The molecule has 0 aliphatic heterocycles. The van der Waals surface area contributed by atoms with Gasteiger partial charge in [-0.1, -0.05) is 29.3 Å². The maximum absolute atomic E-state index is 6.07. The molecule has 0 saturated heterocycles. The average Bonchev–Trinajstić information content (AvgIpc) is 3.41. The highest BCUT2D eigenvalue weighted by molar-refractivity contribution is 6.34. The average molecular weight is 656 g/mol. The van der Waals surface area contributed by atoms with Crippen molar-refractivity contribution in [3.05, 3.63) is 77.0 Å². The molecule has 0 radical (unpaired) electrons. The molecule has 12 heteroatoms. The summed E-state index contributed by atoms with van der Waals surface area (Å²) in [4.78, 5) is 16.7. The Balaban J connectivity index is 0.000000195. The van der Waals surface area contributed by atoms with E-state index < -0.39 is 0 Å². The van der Waals surface area contributed by atoms with Gasteiger partial charge in [0.25, 0.3) is 0 Å². The Kier molecular flexibility index (Phi) is 10.4. The van der Waals surface area contributed by atoms with Crippen LogP contribution < -0.4 is 23.7 Å². The van der Waals surface area contributed by atoms with Gasteiger partial charge >= 0.3 is 0 Å². The molecule has 2 aromatic heterocycles. The molecule has 44 heavy (non-hydrogen) atoms. The van der Waals surface area contributed by atoms with Crippen LogP contribution in [-0.4, -0.2) is 59.1 Å². The lowest BCUT2D eigenvalue weighted by atomic mass is 10.1. The zero-order valence-corrected chi connectivity index (χ0v) is 26.5. The zero-order valence-electron chi connectivity index (χ0n) is 24.3. The number of halogens is 3. The number of benzene rings is 3. The fourth-order valence-corrected chi connectivity index (χ4v) is 5.01. The first-order chi connectivity index (χ1) is 21.4. The highest BCUT2D eigenvalue weighted by atomic mass is 35.5. The molecule has 5 aromatic rings. The van der Waals surface area contributed by atoms with E-state index in [0.29, 0.717) is 70.0 Å². The summed E-state index contributed by atoms with van der Waals surface area (Å²) in [5.41, 5.74) is 5.27. The summed E-state index contributed by atoms with van der Waals surface area (Å²) in [6, 6.07) is 13.2. The quantitative estimate of drug-likeness (QED) is 0.110. The Morgan fingerprint density at radius 3 is 1.98 bits per heavy atom. The van der Waals surface area contributed by atoms with Gasteiger partial charge in [0.1, 0.15) is 36.8 Å². The molecule has 1 aliphatic carbocycles. The molecule has 3 aromatic carbocycles. The Morgan fingerprint density at radius 1 is 0.727 bits per heavy atom. The van der Waals surface area contributed by atoms with E-state index in [1.165, 1.54) is 29.4 Å². The molecule has 0 spiro atoms. The second-order valence-corrected chi connectivity index (χ2v) is 10.7. The Labute approximate surface area is 269 Å². The molecular formula is C32H29Cl3N4O5. The highest BCUT2D eigenvalue weighted by Crippen LogP contribution is 2.37. The number of fused-ring (bicyclic) bond motifs is 3. The van der Waals surface area contributed by atoms with Gasteiger partial charge in [0.15, 0.2) is 23.0 Å². The van der Waals surface area contributed by atoms with Crippen LogP contribution in [0.2, 0.25) is 5.15 Å². The molecule has 0 saturated carbocycles. The van der Waals surface area contributed by atoms with Crippen molar-refractivity contribution in [1.82, 2.24) is 19.9 Å². The number of ether oxygens (including phenoxy) is 5. The van der Waals surface area contributed by atoms with Gasteiger partial charge in [-0.05, 0) is 48.7 Å². The van der Waals surface area contributed by atoms with E-state index in [1.807, 2.05) is 24.3 Å². The smallest absolute Gasteiger partial charge is 0.230 e. The lowest BCUT2D eigenvalue weighted by molar-refractivity contribution is 0.313. The van der Waals surface area contributed by atoms with Gasteiger partial charge in [-0.25, -0.2) is 19.9 Å². The Bertz CT molecular complexity index is 1820. The van der Waals surface area contributed by atoms with Crippen LogP contribution >= 0.6 is 34.8 Å². The van der Waals surface area contributed by atoms with Gasteiger partial charge in [-0.15, -0.1) is 23.2 Å². The highest BCUT2D eigenvalue weighted by Gasteiger charge is 2.15. The Hall–Kier alpha value is -4.05. The molecule has 0 bridgehead atoms. The third kappa shape index (κ3) is 7.18. The van der Waals surface area contributed by atoms with Gasteiger partial charge in [-0.2, -0.15) is 0 Å². The van der Waals surface area contributed by atoms with Crippen LogP contribution in [0.25, 0.3) is 27.9 Å². The number of allylic oxidation sites excluding steroid dienone is 1. The van der Waals surface area contributed by atoms with Gasteiger partial charge in [-0.3, -0.25) is 0 Å². The SMILES string of the molecule is COc1cc2c(Cl)ncnc2cc1OCCCl.COc1cc2c(Oc3ccc4c(c3)C=C(C)C4)ncnc2cc1OCCCl. The van der Waals surface area contributed by atoms with Crippen molar-refractivity contribution >= 4 is 62.7 Å². The summed E-state index contributed by atoms with van der Waals surface area (Å²) in [6.07, 6.45) is 6.06.